The molecular formula is C21H25N2OS. The summed E-state index contributed by atoms with van der Waals surface area (Å²) >= 11 is 1.86. The van der Waals surface area contributed by atoms with Crippen molar-refractivity contribution in [2.45, 2.75) is 49.4 Å². The average Bonchev–Trinajstić information content (AvgIpc) is 2.54. The number of benzene rings is 2. The minimum Gasteiger partial charge on any atom is -0.368 e. The van der Waals surface area contributed by atoms with E-state index in [1.54, 1.807) is 0 Å². The van der Waals surface area contributed by atoms with Crippen LogP contribution in [0.15, 0.2) is 47.4 Å². The summed E-state index contributed by atoms with van der Waals surface area (Å²) in [5.41, 5.74) is 9.23. The van der Waals surface area contributed by atoms with Gasteiger partial charge < -0.3 is 5.73 Å². The van der Waals surface area contributed by atoms with Gasteiger partial charge in [-0.25, -0.2) is 0 Å². The van der Waals surface area contributed by atoms with Crippen LogP contribution in [0.25, 0.3) is 0 Å². The summed E-state index contributed by atoms with van der Waals surface area (Å²) in [6.07, 6.45) is 0.922. The fourth-order valence-electron chi connectivity index (χ4n) is 3.34. The first-order valence-electron chi connectivity index (χ1n) is 8.64. The lowest BCUT2D eigenvalue weighted by atomic mass is 9.92. The van der Waals surface area contributed by atoms with Gasteiger partial charge in [0.2, 0.25) is 5.91 Å². The van der Waals surface area contributed by atoms with E-state index in [1.807, 2.05) is 30.0 Å². The Morgan fingerprint density at radius 2 is 2.08 bits per heavy atom. The number of thioether (sulfide) groups is 1. The summed E-state index contributed by atoms with van der Waals surface area (Å²) in [5.74, 6) is -0.284. The third kappa shape index (κ3) is 4.25. The van der Waals surface area contributed by atoms with E-state index in [-0.39, 0.29) is 16.7 Å². The topological polar surface area (TPSA) is 46.3 Å². The molecule has 1 radical (unpaired) electrons. The fraction of sp³-hybridized carbons (Fsp3) is 0.381. The van der Waals surface area contributed by atoms with Crippen LogP contribution >= 0.6 is 11.8 Å². The molecule has 0 spiro atoms. The Morgan fingerprint density at radius 1 is 1.32 bits per heavy atom. The summed E-state index contributed by atoms with van der Waals surface area (Å²) < 4.78 is 0.142. The van der Waals surface area contributed by atoms with Crippen LogP contribution in [0.1, 0.15) is 43.5 Å². The number of rotatable bonds is 4. The Morgan fingerprint density at radius 3 is 2.80 bits per heavy atom. The molecule has 0 saturated carbocycles. The van der Waals surface area contributed by atoms with Gasteiger partial charge in [0.15, 0.2) is 0 Å². The van der Waals surface area contributed by atoms with Crippen molar-refractivity contribution in [2.24, 2.45) is 5.73 Å². The van der Waals surface area contributed by atoms with Gasteiger partial charge in [0.25, 0.3) is 0 Å². The largest absolute Gasteiger partial charge is 0.368 e. The first-order chi connectivity index (χ1) is 11.8. The van der Waals surface area contributed by atoms with E-state index in [2.05, 4.69) is 56.0 Å². The van der Waals surface area contributed by atoms with Gasteiger partial charge in [0.1, 0.15) is 6.04 Å². The number of hydrogen-bond acceptors (Lipinski definition) is 3. The average molecular weight is 354 g/mol. The number of nitrogens with two attached hydrogens (primary N) is 1. The van der Waals surface area contributed by atoms with Gasteiger partial charge in [-0.05, 0) is 35.2 Å². The Hall–Kier alpha value is -1.78. The van der Waals surface area contributed by atoms with Gasteiger partial charge in [0, 0.05) is 22.7 Å². The van der Waals surface area contributed by atoms with Crippen molar-refractivity contribution in [1.82, 2.24) is 4.90 Å². The Labute approximate surface area is 154 Å². The Bertz CT molecular complexity index is 766. The number of nitrogens with zero attached hydrogens (tertiary/aromatic N) is 1. The van der Waals surface area contributed by atoms with Crippen molar-refractivity contribution >= 4 is 17.7 Å². The zero-order valence-electron chi connectivity index (χ0n) is 15.1. The van der Waals surface area contributed by atoms with E-state index in [4.69, 9.17) is 5.73 Å². The molecule has 2 N–H and O–H groups in total. The minimum absolute atomic E-state index is 0.142. The Balaban J connectivity index is 1.90. The van der Waals surface area contributed by atoms with Gasteiger partial charge in [-0.1, -0.05) is 57.2 Å². The summed E-state index contributed by atoms with van der Waals surface area (Å²) in [6.45, 7) is 8.20. The molecule has 1 amide bonds. The molecule has 0 aromatic heterocycles. The quantitative estimate of drug-likeness (QED) is 0.846. The normalized spacial score (nSPS) is 18.0. The molecule has 4 heteroatoms. The highest BCUT2D eigenvalue weighted by atomic mass is 32.2. The van der Waals surface area contributed by atoms with E-state index in [0.717, 1.165) is 25.1 Å². The molecule has 1 aliphatic rings. The highest BCUT2D eigenvalue weighted by Gasteiger charge is 2.31. The summed E-state index contributed by atoms with van der Waals surface area (Å²) in [4.78, 5) is 15.7. The number of carbonyl (C=O) groups is 1. The van der Waals surface area contributed by atoms with Gasteiger partial charge >= 0.3 is 0 Å². The first kappa shape index (κ1) is 18.0. The standard InChI is InChI=1S/C21H25N2OS/c1-21(2,3)25-18-11-7-5-9-16(18)14-23-13-12-15-8-4-6-10-17(15)19(23)20(22)24/h5-11,19H,12-14H2,1-3H3,(H2,22,24). The molecule has 1 heterocycles. The van der Waals surface area contributed by atoms with Crippen LogP contribution in [0.5, 0.6) is 0 Å². The van der Waals surface area contributed by atoms with Crippen molar-refractivity contribution in [3.05, 3.63) is 65.2 Å². The molecule has 0 aliphatic carbocycles. The first-order valence-corrected chi connectivity index (χ1v) is 9.46. The molecule has 1 aliphatic heterocycles. The van der Waals surface area contributed by atoms with Crippen molar-refractivity contribution in [3.8, 4) is 0 Å². The van der Waals surface area contributed by atoms with Gasteiger partial charge in [-0.3, -0.25) is 9.69 Å². The molecule has 1 atom stereocenters. The van der Waals surface area contributed by atoms with Crippen LogP contribution in [0.2, 0.25) is 0 Å². The second-order valence-corrected chi connectivity index (χ2v) is 9.34. The second-order valence-electron chi connectivity index (χ2n) is 7.47. The maximum absolute atomic E-state index is 12.2. The third-order valence-corrected chi connectivity index (χ3v) is 5.58. The lowest BCUT2D eigenvalue weighted by Gasteiger charge is -2.36. The zero-order chi connectivity index (χ0) is 18.0. The van der Waals surface area contributed by atoms with Crippen LogP contribution in [-0.4, -0.2) is 22.1 Å². The summed E-state index contributed by atoms with van der Waals surface area (Å²) in [5, 5.41) is 0. The van der Waals surface area contributed by atoms with Crippen molar-refractivity contribution in [2.75, 3.05) is 6.54 Å². The van der Waals surface area contributed by atoms with Crippen LogP contribution in [0.4, 0.5) is 0 Å². The predicted octanol–water partition coefficient (Wildman–Crippen LogP) is 3.96. The predicted molar refractivity (Wildman–Crippen MR) is 103 cm³/mol. The molecule has 3 nitrogen and oxygen atoms in total. The number of primary amides is 1. The number of hydrogen-bond donors (Lipinski definition) is 1. The summed E-state index contributed by atoms with van der Waals surface area (Å²) in [6, 6.07) is 17.0. The van der Waals surface area contributed by atoms with E-state index in [9.17, 15) is 4.79 Å². The highest BCUT2D eigenvalue weighted by Crippen LogP contribution is 2.36. The number of fused-ring (bicyclic) bond motifs is 1. The molecule has 0 saturated heterocycles. The van der Waals surface area contributed by atoms with Gasteiger partial charge in [-0.15, -0.1) is 11.8 Å². The molecule has 3 rings (SSSR count). The van der Waals surface area contributed by atoms with Crippen LogP contribution in [-0.2, 0) is 17.8 Å². The number of carbonyl (C=O) groups excluding carboxylic acids is 1. The molecule has 0 bridgehead atoms. The minimum atomic E-state index is -0.369. The van der Waals surface area contributed by atoms with Crippen LogP contribution in [0, 0.1) is 6.07 Å². The van der Waals surface area contributed by atoms with Crippen LogP contribution < -0.4 is 5.73 Å². The van der Waals surface area contributed by atoms with Crippen molar-refractivity contribution in [3.63, 3.8) is 0 Å². The lowest BCUT2D eigenvalue weighted by molar-refractivity contribution is -0.124. The highest BCUT2D eigenvalue weighted by molar-refractivity contribution is 8.00. The maximum Gasteiger partial charge on any atom is 0.239 e. The third-order valence-electron chi connectivity index (χ3n) is 4.35. The van der Waals surface area contributed by atoms with Crippen molar-refractivity contribution < 1.29 is 4.79 Å². The monoisotopic (exact) mass is 353 g/mol. The molecule has 2 aromatic rings. The van der Waals surface area contributed by atoms with Gasteiger partial charge in [-0.2, -0.15) is 0 Å². The number of amides is 1. The SMILES string of the molecule is CC(C)(C)Sc1ccccc1CN1CCc2c[c]ccc2C1C(N)=O. The Kier molecular flexibility index (Phi) is 5.21. The van der Waals surface area contributed by atoms with E-state index in [0.29, 0.717) is 0 Å². The second kappa shape index (κ2) is 7.22. The maximum atomic E-state index is 12.2. The lowest BCUT2D eigenvalue weighted by Crippen LogP contribution is -2.42. The fourth-order valence-corrected chi connectivity index (χ4v) is 4.41. The molecular weight excluding hydrogens is 328 g/mol. The van der Waals surface area contributed by atoms with Crippen LogP contribution in [0.3, 0.4) is 0 Å². The smallest absolute Gasteiger partial charge is 0.239 e. The van der Waals surface area contributed by atoms with E-state index >= 15 is 0 Å². The van der Waals surface area contributed by atoms with E-state index < -0.39 is 0 Å². The molecule has 2 aromatic carbocycles. The molecule has 131 valence electrons. The van der Waals surface area contributed by atoms with Gasteiger partial charge in [0.05, 0.1) is 0 Å². The zero-order valence-corrected chi connectivity index (χ0v) is 15.9. The molecule has 0 fully saturated rings. The summed E-state index contributed by atoms with van der Waals surface area (Å²) in [7, 11) is 0. The van der Waals surface area contributed by atoms with E-state index in [1.165, 1.54) is 16.0 Å². The molecule has 1 unspecified atom stereocenters. The van der Waals surface area contributed by atoms with Crippen molar-refractivity contribution in [1.29, 1.82) is 0 Å². The molecule has 25 heavy (non-hydrogen) atoms.